The van der Waals surface area contributed by atoms with E-state index in [-0.39, 0.29) is 0 Å². The Balaban J connectivity index is 3.28. The first kappa shape index (κ1) is 10.7. The second kappa shape index (κ2) is 6.45. The minimum atomic E-state index is -0.841. The summed E-state index contributed by atoms with van der Waals surface area (Å²) in [6.07, 6.45) is 2.97. The van der Waals surface area contributed by atoms with Gasteiger partial charge in [0.1, 0.15) is 5.75 Å². The zero-order valence-corrected chi connectivity index (χ0v) is 9.16. The molecule has 1 N–H and O–H groups in total. The molecule has 0 saturated carbocycles. The largest absolute Gasteiger partial charge is 0.598 e. The highest BCUT2D eigenvalue weighted by Gasteiger charge is 1.98. The van der Waals surface area contributed by atoms with Crippen LogP contribution in [-0.4, -0.2) is 17.4 Å². The average molecular weight is 273 g/mol. The summed E-state index contributed by atoms with van der Waals surface area (Å²) in [5, 5.41) is 0. The third kappa shape index (κ3) is 6.85. The number of hydrogen-bond donors (Lipinski definition) is 1. The summed E-state index contributed by atoms with van der Waals surface area (Å²) in [7, 11) is 1.71. The normalized spacial score (nSPS) is 15.4. The topological polar surface area (TPSA) is 35.1 Å². The molecular weight excluding hydrogens is 261 g/mol. The SMILES string of the molecule is CN[S+]([O-])CC/C=C(\C)I. The van der Waals surface area contributed by atoms with Gasteiger partial charge in [0, 0.05) is 24.8 Å². The van der Waals surface area contributed by atoms with E-state index in [0.29, 0.717) is 5.75 Å². The Morgan fingerprint density at radius 1 is 1.80 bits per heavy atom. The minimum absolute atomic E-state index is 0.705. The van der Waals surface area contributed by atoms with Gasteiger partial charge in [-0.3, -0.25) is 0 Å². The van der Waals surface area contributed by atoms with Crippen LogP contribution in [0.5, 0.6) is 0 Å². The van der Waals surface area contributed by atoms with Crippen LogP contribution in [0.2, 0.25) is 0 Å². The first-order valence-electron chi connectivity index (χ1n) is 3.05. The average Bonchev–Trinajstić information content (AvgIpc) is 1.87. The number of allylic oxidation sites excluding steroid dienone is 2. The standard InChI is InChI=1S/C6H12INOS/c1-6(7)4-3-5-10(9)8-2/h4,8H,3,5H2,1-2H3/b6-4+. The van der Waals surface area contributed by atoms with E-state index >= 15 is 0 Å². The van der Waals surface area contributed by atoms with Crippen molar-refractivity contribution in [3.8, 4) is 0 Å². The molecule has 0 rings (SSSR count). The summed E-state index contributed by atoms with van der Waals surface area (Å²) in [5.41, 5.74) is 0. The van der Waals surface area contributed by atoms with E-state index in [1.807, 2.05) is 6.92 Å². The van der Waals surface area contributed by atoms with Crippen molar-refractivity contribution in [2.24, 2.45) is 0 Å². The monoisotopic (exact) mass is 273 g/mol. The van der Waals surface area contributed by atoms with Gasteiger partial charge >= 0.3 is 0 Å². The van der Waals surface area contributed by atoms with E-state index in [9.17, 15) is 4.55 Å². The third-order valence-corrected chi connectivity index (χ3v) is 2.46. The Morgan fingerprint density at radius 2 is 2.40 bits per heavy atom. The van der Waals surface area contributed by atoms with Crippen LogP contribution in [0, 0.1) is 0 Å². The van der Waals surface area contributed by atoms with Crippen molar-refractivity contribution in [1.29, 1.82) is 0 Å². The van der Waals surface area contributed by atoms with Gasteiger partial charge in [-0.05, 0) is 33.1 Å². The molecular formula is C6H12INOS. The molecule has 0 aliphatic heterocycles. The predicted octanol–water partition coefficient (Wildman–Crippen LogP) is 1.60. The van der Waals surface area contributed by atoms with Crippen molar-refractivity contribution < 1.29 is 4.55 Å². The lowest BCUT2D eigenvalue weighted by Crippen LogP contribution is -2.21. The van der Waals surface area contributed by atoms with Crippen LogP contribution < -0.4 is 4.72 Å². The van der Waals surface area contributed by atoms with Crippen molar-refractivity contribution in [2.75, 3.05) is 12.8 Å². The van der Waals surface area contributed by atoms with Crippen LogP contribution in [-0.2, 0) is 11.4 Å². The van der Waals surface area contributed by atoms with Gasteiger partial charge in [0.15, 0.2) is 0 Å². The lowest BCUT2D eigenvalue weighted by atomic mass is 10.4. The number of halogens is 1. The molecule has 0 aliphatic rings. The lowest BCUT2D eigenvalue weighted by Gasteiger charge is -2.04. The molecule has 4 heteroatoms. The minimum Gasteiger partial charge on any atom is -0.598 e. The molecule has 0 heterocycles. The molecule has 60 valence electrons. The molecule has 0 fully saturated rings. The second-order valence-electron chi connectivity index (χ2n) is 1.83. The zero-order valence-electron chi connectivity index (χ0n) is 6.19. The highest BCUT2D eigenvalue weighted by molar-refractivity contribution is 14.1. The van der Waals surface area contributed by atoms with Crippen molar-refractivity contribution in [3.05, 3.63) is 9.66 Å². The van der Waals surface area contributed by atoms with Crippen LogP contribution in [0.1, 0.15) is 13.3 Å². The molecule has 0 spiro atoms. The zero-order chi connectivity index (χ0) is 7.98. The van der Waals surface area contributed by atoms with Gasteiger partial charge in [-0.2, -0.15) is 0 Å². The van der Waals surface area contributed by atoms with Gasteiger partial charge < -0.3 is 4.55 Å². The van der Waals surface area contributed by atoms with Crippen LogP contribution in [0.25, 0.3) is 0 Å². The van der Waals surface area contributed by atoms with Crippen LogP contribution in [0.3, 0.4) is 0 Å². The third-order valence-electron chi connectivity index (χ3n) is 0.957. The van der Waals surface area contributed by atoms with Gasteiger partial charge in [-0.15, -0.1) is 4.72 Å². The first-order chi connectivity index (χ1) is 4.66. The predicted molar refractivity (Wildman–Crippen MR) is 54.5 cm³/mol. The van der Waals surface area contributed by atoms with E-state index in [4.69, 9.17) is 0 Å². The second-order valence-corrected chi connectivity index (χ2v) is 5.04. The Kier molecular flexibility index (Phi) is 6.93. The summed E-state index contributed by atoms with van der Waals surface area (Å²) >= 11 is 1.40. The Labute approximate surface area is 78.9 Å². The van der Waals surface area contributed by atoms with E-state index in [1.54, 1.807) is 7.05 Å². The Bertz CT molecular complexity index is 114. The van der Waals surface area contributed by atoms with Crippen LogP contribution in [0.4, 0.5) is 0 Å². The van der Waals surface area contributed by atoms with Gasteiger partial charge in [-0.25, -0.2) is 0 Å². The molecule has 0 aromatic heterocycles. The summed E-state index contributed by atoms with van der Waals surface area (Å²) in [4.78, 5) is 0. The maximum Gasteiger partial charge on any atom is 0.129 e. The van der Waals surface area contributed by atoms with Gasteiger partial charge in [-0.1, -0.05) is 6.08 Å². The van der Waals surface area contributed by atoms with Gasteiger partial charge in [0.2, 0.25) is 0 Å². The molecule has 0 aliphatic carbocycles. The molecule has 1 atom stereocenters. The van der Waals surface area contributed by atoms with Crippen molar-refractivity contribution >= 4 is 34.0 Å². The maximum absolute atomic E-state index is 10.8. The fourth-order valence-corrected chi connectivity index (χ4v) is 1.31. The Hall–Kier alpha value is 0.740. The maximum atomic E-state index is 10.8. The molecule has 0 bridgehead atoms. The molecule has 0 saturated heterocycles. The van der Waals surface area contributed by atoms with Crippen LogP contribution in [0.15, 0.2) is 9.66 Å². The number of hydrogen-bond acceptors (Lipinski definition) is 2. The number of nitrogens with one attached hydrogen (secondary N) is 1. The highest BCUT2D eigenvalue weighted by atomic mass is 127. The first-order valence-corrected chi connectivity index (χ1v) is 5.44. The summed E-state index contributed by atoms with van der Waals surface area (Å²) in [6, 6.07) is 0. The van der Waals surface area contributed by atoms with E-state index in [0.717, 1.165) is 6.42 Å². The summed E-state index contributed by atoms with van der Waals surface area (Å²) in [5.74, 6) is 0.705. The van der Waals surface area contributed by atoms with Crippen molar-refractivity contribution in [3.63, 3.8) is 0 Å². The molecule has 1 unspecified atom stereocenters. The van der Waals surface area contributed by atoms with Gasteiger partial charge in [0.25, 0.3) is 0 Å². The van der Waals surface area contributed by atoms with E-state index in [2.05, 4.69) is 33.4 Å². The van der Waals surface area contributed by atoms with E-state index < -0.39 is 11.4 Å². The van der Waals surface area contributed by atoms with E-state index in [1.165, 1.54) is 3.58 Å². The summed E-state index contributed by atoms with van der Waals surface area (Å²) in [6.45, 7) is 2.03. The molecule has 0 aromatic rings. The van der Waals surface area contributed by atoms with Crippen LogP contribution >= 0.6 is 22.6 Å². The molecule has 0 radical (unpaired) electrons. The number of rotatable bonds is 4. The molecule has 10 heavy (non-hydrogen) atoms. The molecule has 0 aromatic carbocycles. The Morgan fingerprint density at radius 3 is 2.80 bits per heavy atom. The fraction of sp³-hybridized carbons (Fsp3) is 0.667. The highest BCUT2D eigenvalue weighted by Crippen LogP contribution is 2.04. The van der Waals surface area contributed by atoms with Crippen molar-refractivity contribution in [2.45, 2.75) is 13.3 Å². The molecule has 2 nitrogen and oxygen atoms in total. The van der Waals surface area contributed by atoms with Gasteiger partial charge in [0.05, 0.1) is 0 Å². The fourth-order valence-electron chi connectivity index (χ4n) is 0.467. The smallest absolute Gasteiger partial charge is 0.129 e. The summed E-state index contributed by atoms with van der Waals surface area (Å²) < 4.78 is 14.7. The molecule has 0 amide bonds. The lowest BCUT2D eigenvalue weighted by molar-refractivity contribution is 0.587. The van der Waals surface area contributed by atoms with Crippen molar-refractivity contribution in [1.82, 2.24) is 4.72 Å². The quantitative estimate of drug-likeness (QED) is 0.623.